The molecule has 3 aromatic carbocycles. The number of hydrogen-bond acceptors (Lipinski definition) is 7. The van der Waals surface area contributed by atoms with Gasteiger partial charge in [0.15, 0.2) is 0 Å². The van der Waals surface area contributed by atoms with Crippen molar-refractivity contribution < 1.29 is 29.1 Å². The molecule has 4 aromatic rings. The molecule has 228 valence electrons. The molecule has 0 bridgehead atoms. The molecular formula is C34H35N3O7. The molecule has 0 fully saturated rings. The highest BCUT2D eigenvalue weighted by molar-refractivity contribution is 5.94. The largest absolute Gasteiger partial charge is 0.492 e. The Bertz CT molecular complexity index is 1570. The first-order valence-electron chi connectivity index (χ1n) is 14.3. The summed E-state index contributed by atoms with van der Waals surface area (Å²) in [6, 6.07) is 24.4. The van der Waals surface area contributed by atoms with Crippen LogP contribution in [0.25, 0.3) is 11.3 Å². The molecule has 0 spiro atoms. The molecule has 0 aliphatic rings. The van der Waals surface area contributed by atoms with Gasteiger partial charge in [0.1, 0.15) is 24.3 Å². The zero-order valence-electron chi connectivity index (χ0n) is 24.9. The summed E-state index contributed by atoms with van der Waals surface area (Å²) in [5, 5.41) is 23.7. The number of carboxylic acids is 1. The Morgan fingerprint density at radius 1 is 0.955 bits per heavy atom. The Morgan fingerprint density at radius 3 is 2.16 bits per heavy atom. The van der Waals surface area contributed by atoms with Crippen molar-refractivity contribution in [3.05, 3.63) is 118 Å². The lowest BCUT2D eigenvalue weighted by molar-refractivity contribution is -0.385. The van der Waals surface area contributed by atoms with Gasteiger partial charge < -0.3 is 19.9 Å². The van der Waals surface area contributed by atoms with E-state index in [4.69, 9.17) is 9.47 Å². The van der Waals surface area contributed by atoms with Gasteiger partial charge in [-0.05, 0) is 65.9 Å². The van der Waals surface area contributed by atoms with Crippen molar-refractivity contribution in [2.45, 2.75) is 45.1 Å². The Morgan fingerprint density at radius 2 is 1.61 bits per heavy atom. The second-order valence-electron chi connectivity index (χ2n) is 10.6. The highest BCUT2D eigenvalue weighted by Gasteiger charge is 2.39. The number of hydrogen-bond donors (Lipinski definition) is 2. The molecule has 0 radical (unpaired) electrons. The van der Waals surface area contributed by atoms with Crippen LogP contribution in [0.3, 0.4) is 0 Å². The van der Waals surface area contributed by atoms with Crippen LogP contribution in [0, 0.1) is 10.1 Å². The number of carbonyl (C=O) groups is 2. The van der Waals surface area contributed by atoms with E-state index in [1.807, 2.05) is 36.4 Å². The van der Waals surface area contributed by atoms with E-state index in [1.54, 1.807) is 49.4 Å². The van der Waals surface area contributed by atoms with Gasteiger partial charge in [-0.3, -0.25) is 14.9 Å². The van der Waals surface area contributed by atoms with Gasteiger partial charge in [0.05, 0.1) is 17.2 Å². The van der Waals surface area contributed by atoms with Gasteiger partial charge in [0.25, 0.3) is 11.6 Å². The third kappa shape index (κ3) is 7.97. The lowest BCUT2D eigenvalue weighted by atomic mass is 9.91. The van der Waals surface area contributed by atoms with Crippen LogP contribution in [0.15, 0.2) is 91.1 Å². The van der Waals surface area contributed by atoms with Gasteiger partial charge in [0.2, 0.25) is 5.60 Å². The minimum atomic E-state index is -1.41. The van der Waals surface area contributed by atoms with E-state index in [2.05, 4.69) is 24.1 Å². The number of carbonyl (C=O) groups excluding carboxylic acids is 1. The maximum Gasteiger partial charge on any atom is 0.348 e. The molecule has 1 unspecified atom stereocenters. The average Bonchev–Trinajstić information content (AvgIpc) is 3.03. The summed E-state index contributed by atoms with van der Waals surface area (Å²) in [5.74, 6) is 0.172. The van der Waals surface area contributed by atoms with Crippen molar-refractivity contribution in [1.29, 1.82) is 0 Å². The molecule has 1 heterocycles. The fraction of sp³-hybridized carbons (Fsp3) is 0.265. The SMILES string of the molecule is CCC(Cc1ccc(OCCNC(=O)c2ccc(-c3ccc([N+](=O)[O-])cn3)cc2)cc1)(Oc1ccc(C(C)C)cc1)C(=O)O. The van der Waals surface area contributed by atoms with Crippen molar-refractivity contribution in [3.63, 3.8) is 0 Å². The lowest BCUT2D eigenvalue weighted by Gasteiger charge is -2.29. The van der Waals surface area contributed by atoms with Crippen LogP contribution < -0.4 is 14.8 Å². The van der Waals surface area contributed by atoms with E-state index in [9.17, 15) is 24.8 Å². The van der Waals surface area contributed by atoms with Crippen molar-refractivity contribution in [1.82, 2.24) is 10.3 Å². The quantitative estimate of drug-likeness (QED) is 0.0961. The van der Waals surface area contributed by atoms with Gasteiger partial charge in [-0.2, -0.15) is 0 Å². The van der Waals surface area contributed by atoms with Crippen LogP contribution in [0.5, 0.6) is 11.5 Å². The number of pyridine rings is 1. The maximum atomic E-state index is 12.5. The van der Waals surface area contributed by atoms with Crippen LogP contribution >= 0.6 is 0 Å². The predicted molar refractivity (Wildman–Crippen MR) is 166 cm³/mol. The molecule has 0 aliphatic heterocycles. The smallest absolute Gasteiger partial charge is 0.348 e. The number of benzene rings is 3. The first kappa shape index (κ1) is 31.7. The van der Waals surface area contributed by atoms with Crippen LogP contribution in [0.2, 0.25) is 0 Å². The van der Waals surface area contributed by atoms with Gasteiger partial charge in [-0.1, -0.05) is 57.2 Å². The van der Waals surface area contributed by atoms with Crippen molar-refractivity contribution >= 4 is 17.6 Å². The van der Waals surface area contributed by atoms with Gasteiger partial charge in [-0.15, -0.1) is 0 Å². The zero-order valence-corrected chi connectivity index (χ0v) is 24.9. The summed E-state index contributed by atoms with van der Waals surface area (Å²) in [6.07, 6.45) is 1.66. The molecule has 2 N–H and O–H groups in total. The number of rotatable bonds is 14. The number of aliphatic carboxylic acids is 1. The monoisotopic (exact) mass is 597 g/mol. The average molecular weight is 598 g/mol. The number of ether oxygens (including phenoxy) is 2. The third-order valence-corrected chi connectivity index (χ3v) is 7.29. The van der Waals surface area contributed by atoms with Crippen molar-refractivity contribution in [3.8, 4) is 22.8 Å². The van der Waals surface area contributed by atoms with E-state index in [0.29, 0.717) is 28.7 Å². The van der Waals surface area contributed by atoms with Crippen LogP contribution in [-0.2, 0) is 11.2 Å². The summed E-state index contributed by atoms with van der Waals surface area (Å²) in [7, 11) is 0. The molecule has 0 saturated carbocycles. The van der Waals surface area contributed by atoms with E-state index in [-0.39, 0.29) is 37.6 Å². The van der Waals surface area contributed by atoms with Crippen molar-refractivity contribution in [2.75, 3.05) is 13.2 Å². The zero-order chi connectivity index (χ0) is 31.7. The fourth-order valence-corrected chi connectivity index (χ4v) is 4.58. The second kappa shape index (κ2) is 14.3. The van der Waals surface area contributed by atoms with Gasteiger partial charge in [-0.25, -0.2) is 9.78 Å². The standard InChI is InChI=1S/C34H35N3O7/c1-4-34(33(39)40,44-30-16-11-25(12-17-30)23(2)3)21-24-5-14-29(15-6-24)43-20-19-35-32(38)27-9-7-26(8-10-27)31-18-13-28(22-36-31)37(41)42/h5-18,22-23H,4,19-21H2,1-3H3,(H,35,38)(H,39,40). The normalized spacial score (nSPS) is 12.3. The van der Waals surface area contributed by atoms with Gasteiger partial charge in [0, 0.05) is 23.6 Å². The molecule has 44 heavy (non-hydrogen) atoms. The number of nitro groups is 1. The molecule has 1 atom stereocenters. The summed E-state index contributed by atoms with van der Waals surface area (Å²) in [6.45, 7) is 6.50. The van der Waals surface area contributed by atoms with Gasteiger partial charge >= 0.3 is 5.97 Å². The molecule has 0 aliphatic carbocycles. The molecular weight excluding hydrogens is 562 g/mol. The molecule has 10 heteroatoms. The Balaban J connectivity index is 1.27. The topological polar surface area (TPSA) is 141 Å². The molecule has 4 rings (SSSR count). The van der Waals surface area contributed by atoms with E-state index >= 15 is 0 Å². The molecule has 1 aromatic heterocycles. The third-order valence-electron chi connectivity index (χ3n) is 7.29. The molecule has 10 nitrogen and oxygen atoms in total. The second-order valence-corrected chi connectivity index (χ2v) is 10.6. The highest BCUT2D eigenvalue weighted by Crippen LogP contribution is 2.28. The Labute approximate surface area is 255 Å². The number of nitrogens with one attached hydrogen (secondary N) is 1. The van der Waals surface area contributed by atoms with Crippen molar-refractivity contribution in [2.24, 2.45) is 0 Å². The summed E-state index contributed by atoms with van der Waals surface area (Å²) in [5.41, 5.74) is 2.19. The first-order valence-corrected chi connectivity index (χ1v) is 14.3. The number of carboxylic acid groups (broad SMARTS) is 1. The number of amides is 1. The van der Waals surface area contributed by atoms with Crippen LogP contribution in [-0.4, -0.2) is 45.6 Å². The minimum absolute atomic E-state index is 0.0896. The summed E-state index contributed by atoms with van der Waals surface area (Å²) in [4.78, 5) is 39.3. The maximum absolute atomic E-state index is 12.5. The minimum Gasteiger partial charge on any atom is -0.492 e. The van der Waals surface area contributed by atoms with E-state index in [0.717, 1.165) is 16.7 Å². The molecule has 1 amide bonds. The fourth-order valence-electron chi connectivity index (χ4n) is 4.58. The first-order chi connectivity index (χ1) is 21.1. The highest BCUT2D eigenvalue weighted by atomic mass is 16.6. The summed E-state index contributed by atoms with van der Waals surface area (Å²) >= 11 is 0. The lowest BCUT2D eigenvalue weighted by Crippen LogP contribution is -2.46. The number of aromatic nitrogens is 1. The predicted octanol–water partition coefficient (Wildman–Crippen LogP) is 6.44. The Kier molecular flexibility index (Phi) is 10.3. The van der Waals surface area contributed by atoms with E-state index < -0.39 is 16.5 Å². The Hall–Kier alpha value is -5.25. The van der Waals surface area contributed by atoms with Crippen LogP contribution in [0.1, 0.15) is 54.6 Å². The van der Waals surface area contributed by atoms with Crippen LogP contribution in [0.4, 0.5) is 5.69 Å². The van der Waals surface area contributed by atoms with E-state index in [1.165, 1.54) is 12.3 Å². The number of nitrogens with zero attached hydrogens (tertiary/aromatic N) is 2. The molecule has 0 saturated heterocycles. The summed E-state index contributed by atoms with van der Waals surface area (Å²) < 4.78 is 11.8.